The van der Waals surface area contributed by atoms with Crippen molar-refractivity contribution in [1.82, 2.24) is 4.90 Å². The maximum absolute atomic E-state index is 8.70. The molecule has 0 amide bonds. The lowest BCUT2D eigenvalue weighted by molar-refractivity contribution is 0.159. The Kier molecular flexibility index (Phi) is 4.61. The Bertz CT molecular complexity index is 188. The highest BCUT2D eigenvalue weighted by Crippen LogP contribution is 2.21. The topological polar surface area (TPSA) is 27.0 Å². The van der Waals surface area contributed by atoms with Crippen molar-refractivity contribution < 1.29 is 0 Å². The highest BCUT2D eigenvalue weighted by Gasteiger charge is 2.24. The summed E-state index contributed by atoms with van der Waals surface area (Å²) in [6, 6.07) is 3.43. The minimum Gasteiger partial charge on any atom is -0.295 e. The largest absolute Gasteiger partial charge is 0.295 e. The second kappa shape index (κ2) is 5.51. The first-order valence-electron chi connectivity index (χ1n) is 5.00. The van der Waals surface area contributed by atoms with E-state index in [2.05, 4.69) is 24.8 Å². The van der Waals surface area contributed by atoms with Crippen LogP contribution in [0.3, 0.4) is 0 Å². The molecule has 0 bridgehead atoms. The maximum atomic E-state index is 8.70. The fourth-order valence-corrected chi connectivity index (χ4v) is 2.92. The summed E-state index contributed by atoms with van der Waals surface area (Å²) < 4.78 is 0. The number of rotatable bonds is 3. The van der Waals surface area contributed by atoms with Crippen molar-refractivity contribution in [2.45, 2.75) is 38.8 Å². The van der Waals surface area contributed by atoms with E-state index >= 15 is 0 Å². The van der Waals surface area contributed by atoms with E-state index < -0.39 is 0 Å². The first kappa shape index (κ1) is 10.9. The van der Waals surface area contributed by atoms with Crippen LogP contribution < -0.4 is 0 Å². The van der Waals surface area contributed by atoms with Crippen LogP contribution in [0.1, 0.15) is 26.7 Å². The van der Waals surface area contributed by atoms with Crippen LogP contribution in [0.25, 0.3) is 0 Å². The van der Waals surface area contributed by atoms with Crippen LogP contribution in [-0.2, 0) is 0 Å². The van der Waals surface area contributed by atoms with Gasteiger partial charge in [0.05, 0.1) is 12.5 Å². The molecule has 0 saturated carbocycles. The molecule has 0 spiro atoms. The summed E-state index contributed by atoms with van der Waals surface area (Å²) in [7, 11) is 0. The molecule has 1 saturated heterocycles. The molecule has 0 radical (unpaired) electrons. The van der Waals surface area contributed by atoms with E-state index in [0.717, 1.165) is 13.0 Å². The van der Waals surface area contributed by atoms with Crippen molar-refractivity contribution in [1.29, 1.82) is 5.26 Å². The van der Waals surface area contributed by atoms with Gasteiger partial charge >= 0.3 is 0 Å². The third kappa shape index (κ3) is 2.89. The van der Waals surface area contributed by atoms with E-state index in [-0.39, 0.29) is 0 Å². The summed E-state index contributed by atoms with van der Waals surface area (Å²) >= 11 is 2.03. The Labute approximate surface area is 85.3 Å². The summed E-state index contributed by atoms with van der Waals surface area (Å²) in [6.45, 7) is 5.61. The molecule has 0 aromatic rings. The number of thioether (sulfide) groups is 1. The predicted molar refractivity (Wildman–Crippen MR) is 57.8 cm³/mol. The molecule has 1 fully saturated rings. The van der Waals surface area contributed by atoms with E-state index in [1.54, 1.807) is 0 Å². The van der Waals surface area contributed by atoms with Crippen molar-refractivity contribution in [3.05, 3.63) is 0 Å². The lowest BCUT2D eigenvalue weighted by Crippen LogP contribution is -2.46. The standard InChI is InChI=1S/C10H18N2S/c1-3-10(4-5-11)12-6-7-13-8-9(12)2/h9-10H,3-4,6-8H2,1-2H3. The van der Waals surface area contributed by atoms with E-state index in [4.69, 9.17) is 5.26 Å². The van der Waals surface area contributed by atoms with Crippen LogP contribution >= 0.6 is 11.8 Å². The molecule has 1 aliphatic rings. The highest BCUT2D eigenvalue weighted by molar-refractivity contribution is 7.99. The van der Waals surface area contributed by atoms with Crippen LogP contribution in [0.4, 0.5) is 0 Å². The molecule has 1 aliphatic heterocycles. The average molecular weight is 198 g/mol. The van der Waals surface area contributed by atoms with Crippen molar-refractivity contribution in [2.75, 3.05) is 18.1 Å². The van der Waals surface area contributed by atoms with Crippen molar-refractivity contribution in [3.8, 4) is 6.07 Å². The lowest BCUT2D eigenvalue weighted by atomic mass is 10.1. The monoisotopic (exact) mass is 198 g/mol. The minimum atomic E-state index is 0.487. The van der Waals surface area contributed by atoms with Crippen molar-refractivity contribution >= 4 is 11.8 Å². The van der Waals surface area contributed by atoms with E-state index in [0.29, 0.717) is 18.5 Å². The number of nitrogens with zero attached hydrogens (tertiary/aromatic N) is 2. The molecule has 0 aromatic carbocycles. The molecule has 2 atom stereocenters. The Hall–Kier alpha value is -0.200. The minimum absolute atomic E-state index is 0.487. The molecular formula is C10H18N2S. The number of hydrogen-bond acceptors (Lipinski definition) is 3. The van der Waals surface area contributed by atoms with Gasteiger partial charge in [0.25, 0.3) is 0 Å². The summed E-state index contributed by atoms with van der Waals surface area (Å²) in [6.07, 6.45) is 1.79. The SMILES string of the molecule is CCC(CC#N)N1CCSCC1C. The highest BCUT2D eigenvalue weighted by atomic mass is 32.2. The Morgan fingerprint density at radius 1 is 1.69 bits per heavy atom. The molecule has 0 aromatic heterocycles. The zero-order valence-corrected chi connectivity index (χ0v) is 9.31. The molecule has 1 heterocycles. The van der Waals surface area contributed by atoms with Gasteiger partial charge in [0, 0.05) is 30.1 Å². The Balaban J connectivity index is 2.50. The van der Waals surface area contributed by atoms with Crippen LogP contribution in [0.5, 0.6) is 0 Å². The Morgan fingerprint density at radius 2 is 2.46 bits per heavy atom. The van der Waals surface area contributed by atoms with Gasteiger partial charge in [-0.3, -0.25) is 4.90 Å². The summed E-state index contributed by atoms with van der Waals surface area (Å²) in [4.78, 5) is 2.50. The van der Waals surface area contributed by atoms with Crippen LogP contribution in [-0.4, -0.2) is 35.0 Å². The van der Waals surface area contributed by atoms with E-state index in [9.17, 15) is 0 Å². The summed E-state index contributed by atoms with van der Waals surface area (Å²) in [5.74, 6) is 2.45. The molecule has 2 nitrogen and oxygen atoms in total. The zero-order valence-electron chi connectivity index (χ0n) is 8.49. The first-order chi connectivity index (χ1) is 6.29. The molecule has 0 aliphatic carbocycles. The number of hydrogen-bond donors (Lipinski definition) is 0. The maximum Gasteiger partial charge on any atom is 0.0638 e. The average Bonchev–Trinajstić information content (AvgIpc) is 2.16. The first-order valence-corrected chi connectivity index (χ1v) is 6.15. The van der Waals surface area contributed by atoms with Gasteiger partial charge in [0.15, 0.2) is 0 Å². The molecular weight excluding hydrogens is 180 g/mol. The van der Waals surface area contributed by atoms with Crippen molar-refractivity contribution in [3.63, 3.8) is 0 Å². The molecule has 0 N–H and O–H groups in total. The molecule has 13 heavy (non-hydrogen) atoms. The second-order valence-electron chi connectivity index (χ2n) is 3.59. The van der Waals surface area contributed by atoms with Gasteiger partial charge in [0.2, 0.25) is 0 Å². The summed E-state index contributed by atoms with van der Waals surface area (Å²) in [5.41, 5.74) is 0. The van der Waals surface area contributed by atoms with Crippen LogP contribution in [0.2, 0.25) is 0 Å². The van der Waals surface area contributed by atoms with E-state index in [1.165, 1.54) is 11.5 Å². The van der Waals surface area contributed by atoms with Gasteiger partial charge in [-0.05, 0) is 13.3 Å². The fourth-order valence-electron chi connectivity index (χ4n) is 1.88. The Morgan fingerprint density at radius 3 is 3.00 bits per heavy atom. The smallest absolute Gasteiger partial charge is 0.0638 e. The third-order valence-electron chi connectivity index (χ3n) is 2.69. The van der Waals surface area contributed by atoms with Gasteiger partial charge in [-0.2, -0.15) is 17.0 Å². The quantitative estimate of drug-likeness (QED) is 0.695. The van der Waals surface area contributed by atoms with E-state index in [1.807, 2.05) is 11.8 Å². The molecule has 3 heteroatoms. The molecule has 2 unspecified atom stereocenters. The third-order valence-corrected chi connectivity index (χ3v) is 3.88. The van der Waals surface area contributed by atoms with Gasteiger partial charge in [0.1, 0.15) is 0 Å². The second-order valence-corrected chi connectivity index (χ2v) is 4.74. The van der Waals surface area contributed by atoms with Crippen LogP contribution in [0.15, 0.2) is 0 Å². The molecule has 1 rings (SSSR count). The lowest BCUT2D eigenvalue weighted by Gasteiger charge is -2.38. The van der Waals surface area contributed by atoms with Crippen molar-refractivity contribution in [2.24, 2.45) is 0 Å². The number of nitriles is 1. The molecule has 74 valence electrons. The van der Waals surface area contributed by atoms with Gasteiger partial charge in [-0.1, -0.05) is 6.92 Å². The van der Waals surface area contributed by atoms with Gasteiger partial charge < -0.3 is 0 Å². The van der Waals surface area contributed by atoms with Gasteiger partial charge in [-0.25, -0.2) is 0 Å². The predicted octanol–water partition coefficient (Wildman–Crippen LogP) is 2.12. The van der Waals surface area contributed by atoms with Gasteiger partial charge in [-0.15, -0.1) is 0 Å². The van der Waals surface area contributed by atoms with Crippen LogP contribution in [0, 0.1) is 11.3 Å². The summed E-state index contributed by atoms with van der Waals surface area (Å²) in [5, 5.41) is 8.70. The fraction of sp³-hybridized carbons (Fsp3) is 0.900. The normalized spacial score (nSPS) is 26.7. The zero-order chi connectivity index (χ0) is 9.68.